The lowest BCUT2D eigenvalue weighted by atomic mass is 9.35. The van der Waals surface area contributed by atoms with E-state index in [0.717, 1.165) is 29.9 Å². The molecule has 5 rings (SSSR count). The van der Waals surface area contributed by atoms with Crippen LogP contribution in [-0.2, 0) is 5.41 Å². The SMILES string of the molecule is CC1(C)CCC[C@]2(C)[C@H]3C[C@@H](O)[C@]4(C)c5cocc5[C@H](O)C[C@H]4[C@]3(C)CC[C@@H]12. The first-order valence-electron chi connectivity index (χ1n) is 11.5. The van der Waals surface area contributed by atoms with Crippen molar-refractivity contribution in [1.82, 2.24) is 0 Å². The standard InChI is InChI=1S/C25H38O3/c1-22(2)8-6-9-23(3)18(22)7-10-24(4)19(23)12-21(27)25(5)16-14-28-13-15(16)17(26)11-20(24)25/h13-14,17-21,26-27H,6-12H2,1-5H3/t17-,18+,19-,20+,21-,23+,24-,25-/m1/s1. The molecule has 4 aliphatic carbocycles. The quantitative estimate of drug-likeness (QED) is 0.610. The van der Waals surface area contributed by atoms with Crippen molar-refractivity contribution in [2.45, 2.75) is 97.2 Å². The Bertz CT molecular complexity index is 781. The van der Waals surface area contributed by atoms with Crippen molar-refractivity contribution in [3.63, 3.8) is 0 Å². The zero-order valence-electron chi connectivity index (χ0n) is 18.3. The Balaban J connectivity index is 1.63. The van der Waals surface area contributed by atoms with Gasteiger partial charge in [-0.1, -0.05) is 41.0 Å². The van der Waals surface area contributed by atoms with Gasteiger partial charge in [0.15, 0.2) is 0 Å². The lowest BCUT2D eigenvalue weighted by Crippen LogP contribution is -2.66. The average Bonchev–Trinajstić information content (AvgIpc) is 3.10. The van der Waals surface area contributed by atoms with Gasteiger partial charge in [-0.2, -0.15) is 0 Å². The molecule has 0 amide bonds. The molecule has 1 aromatic heterocycles. The molecule has 0 aliphatic heterocycles. The van der Waals surface area contributed by atoms with Crippen LogP contribution in [0.3, 0.4) is 0 Å². The fourth-order valence-electron chi connectivity index (χ4n) is 9.26. The predicted octanol–water partition coefficient (Wildman–Crippen LogP) is 5.60. The highest BCUT2D eigenvalue weighted by Crippen LogP contribution is 2.72. The van der Waals surface area contributed by atoms with Crippen molar-refractivity contribution in [3.05, 3.63) is 23.7 Å². The maximum atomic E-state index is 11.6. The molecule has 0 bridgehead atoms. The molecule has 156 valence electrons. The van der Waals surface area contributed by atoms with Crippen LogP contribution in [0.4, 0.5) is 0 Å². The van der Waals surface area contributed by atoms with Gasteiger partial charge in [-0.3, -0.25) is 0 Å². The van der Waals surface area contributed by atoms with Gasteiger partial charge < -0.3 is 14.6 Å². The van der Waals surface area contributed by atoms with E-state index in [1.807, 2.05) is 0 Å². The summed E-state index contributed by atoms with van der Waals surface area (Å²) in [5.41, 5.74) is 2.48. The molecule has 1 aromatic rings. The maximum absolute atomic E-state index is 11.6. The first-order valence-corrected chi connectivity index (χ1v) is 11.5. The van der Waals surface area contributed by atoms with Crippen LogP contribution in [0.5, 0.6) is 0 Å². The van der Waals surface area contributed by atoms with Crippen molar-refractivity contribution in [2.75, 3.05) is 0 Å². The largest absolute Gasteiger partial charge is 0.472 e. The van der Waals surface area contributed by atoms with E-state index >= 15 is 0 Å². The molecule has 4 aliphatic rings. The minimum absolute atomic E-state index is 0.155. The fraction of sp³-hybridized carbons (Fsp3) is 0.840. The number of aliphatic hydroxyl groups is 2. The van der Waals surface area contributed by atoms with Crippen molar-refractivity contribution in [3.8, 4) is 0 Å². The molecule has 2 N–H and O–H groups in total. The van der Waals surface area contributed by atoms with Crippen LogP contribution in [0.15, 0.2) is 16.9 Å². The van der Waals surface area contributed by atoms with Crippen LogP contribution in [0.25, 0.3) is 0 Å². The Morgan fingerprint density at radius 3 is 2.32 bits per heavy atom. The van der Waals surface area contributed by atoms with E-state index in [1.54, 1.807) is 12.5 Å². The summed E-state index contributed by atoms with van der Waals surface area (Å²) >= 11 is 0. The second-order valence-corrected chi connectivity index (χ2v) is 12.1. The highest BCUT2D eigenvalue weighted by atomic mass is 16.3. The zero-order chi connectivity index (χ0) is 20.1. The van der Waals surface area contributed by atoms with Crippen LogP contribution in [0.1, 0.15) is 96.8 Å². The van der Waals surface area contributed by atoms with Crippen molar-refractivity contribution >= 4 is 0 Å². The topological polar surface area (TPSA) is 53.6 Å². The van der Waals surface area contributed by atoms with Crippen LogP contribution >= 0.6 is 0 Å². The normalized spacial score (nSPS) is 52.2. The summed E-state index contributed by atoms with van der Waals surface area (Å²) in [6.45, 7) is 12.2. The molecular weight excluding hydrogens is 348 g/mol. The van der Waals surface area contributed by atoms with Gasteiger partial charge in [-0.05, 0) is 72.5 Å². The van der Waals surface area contributed by atoms with Crippen LogP contribution < -0.4 is 0 Å². The molecule has 28 heavy (non-hydrogen) atoms. The van der Waals surface area contributed by atoms with Gasteiger partial charge in [-0.15, -0.1) is 0 Å². The summed E-state index contributed by atoms with van der Waals surface area (Å²) in [6, 6.07) is 0. The lowest BCUT2D eigenvalue weighted by Gasteiger charge is -2.70. The molecule has 0 unspecified atom stereocenters. The van der Waals surface area contributed by atoms with Crippen LogP contribution in [0, 0.1) is 34.0 Å². The lowest BCUT2D eigenvalue weighted by molar-refractivity contribution is -0.212. The van der Waals surface area contributed by atoms with Crippen LogP contribution in [0.2, 0.25) is 0 Å². The van der Waals surface area contributed by atoms with Gasteiger partial charge in [0, 0.05) is 16.5 Å². The Labute approximate surface area is 169 Å². The fourth-order valence-corrected chi connectivity index (χ4v) is 9.26. The molecule has 0 aromatic carbocycles. The van der Waals surface area contributed by atoms with Gasteiger partial charge in [0.25, 0.3) is 0 Å². The van der Waals surface area contributed by atoms with Gasteiger partial charge in [0.1, 0.15) is 0 Å². The molecular formula is C25H38O3. The molecule has 3 heteroatoms. The monoisotopic (exact) mass is 386 g/mol. The van der Waals surface area contributed by atoms with E-state index in [2.05, 4.69) is 34.6 Å². The third-order valence-corrected chi connectivity index (χ3v) is 10.6. The number of fused-ring (bicyclic) bond motifs is 7. The Morgan fingerprint density at radius 2 is 1.57 bits per heavy atom. The van der Waals surface area contributed by atoms with Gasteiger partial charge in [-0.25, -0.2) is 0 Å². The second-order valence-electron chi connectivity index (χ2n) is 12.1. The number of rotatable bonds is 0. The Morgan fingerprint density at radius 1 is 0.857 bits per heavy atom. The van der Waals surface area contributed by atoms with Gasteiger partial charge in [0.05, 0.1) is 24.7 Å². The highest BCUT2D eigenvalue weighted by molar-refractivity contribution is 5.39. The van der Waals surface area contributed by atoms with Crippen molar-refractivity contribution < 1.29 is 14.6 Å². The molecule has 1 heterocycles. The molecule has 3 fully saturated rings. The zero-order valence-corrected chi connectivity index (χ0v) is 18.3. The van der Waals surface area contributed by atoms with E-state index in [-0.39, 0.29) is 22.9 Å². The summed E-state index contributed by atoms with van der Waals surface area (Å²) in [6.07, 6.45) is 10.7. The number of furan rings is 1. The predicted molar refractivity (Wildman–Crippen MR) is 110 cm³/mol. The summed E-state index contributed by atoms with van der Waals surface area (Å²) in [5, 5.41) is 22.5. The van der Waals surface area contributed by atoms with Gasteiger partial charge in [0.2, 0.25) is 0 Å². The van der Waals surface area contributed by atoms with E-state index < -0.39 is 6.10 Å². The van der Waals surface area contributed by atoms with Gasteiger partial charge >= 0.3 is 0 Å². The third-order valence-electron chi connectivity index (χ3n) is 10.6. The van der Waals surface area contributed by atoms with Crippen molar-refractivity contribution in [2.24, 2.45) is 34.0 Å². The molecule has 8 atom stereocenters. The summed E-state index contributed by atoms with van der Waals surface area (Å²) < 4.78 is 5.53. The molecule has 0 spiro atoms. The Kier molecular flexibility index (Phi) is 3.88. The molecule has 0 radical (unpaired) electrons. The molecule has 0 saturated heterocycles. The second kappa shape index (κ2) is 5.66. The first kappa shape index (κ1) is 19.2. The highest BCUT2D eigenvalue weighted by Gasteiger charge is 2.67. The van der Waals surface area contributed by atoms with Crippen LogP contribution in [-0.4, -0.2) is 16.3 Å². The molecule has 3 saturated carbocycles. The summed E-state index contributed by atoms with van der Waals surface area (Å²) in [5.74, 6) is 1.55. The number of aliphatic hydroxyl groups excluding tert-OH is 2. The third kappa shape index (κ3) is 2.13. The molecule has 3 nitrogen and oxygen atoms in total. The minimum atomic E-state index is -0.470. The smallest absolute Gasteiger partial charge is 0.0963 e. The average molecular weight is 387 g/mol. The first-order chi connectivity index (χ1) is 13.0. The number of hydrogen-bond donors (Lipinski definition) is 2. The van der Waals surface area contributed by atoms with Crippen molar-refractivity contribution in [1.29, 1.82) is 0 Å². The maximum Gasteiger partial charge on any atom is 0.0963 e. The summed E-state index contributed by atoms with van der Waals surface area (Å²) in [4.78, 5) is 0. The van der Waals surface area contributed by atoms with E-state index in [0.29, 0.717) is 16.7 Å². The van der Waals surface area contributed by atoms with E-state index in [4.69, 9.17) is 4.42 Å². The van der Waals surface area contributed by atoms with E-state index in [9.17, 15) is 10.2 Å². The summed E-state index contributed by atoms with van der Waals surface area (Å²) in [7, 11) is 0. The minimum Gasteiger partial charge on any atom is -0.472 e. The number of hydrogen-bond acceptors (Lipinski definition) is 3. The van der Waals surface area contributed by atoms with E-state index in [1.165, 1.54) is 32.1 Å². The Hall–Kier alpha value is -0.800.